The molecule has 1 fully saturated rings. The van der Waals surface area contributed by atoms with Gasteiger partial charge in [-0.1, -0.05) is 0 Å². The Hall–Kier alpha value is -3.33. The van der Waals surface area contributed by atoms with Crippen molar-refractivity contribution in [1.29, 1.82) is 0 Å². The number of nitrogens with zero attached hydrogens (tertiary/aromatic N) is 5. The van der Waals surface area contributed by atoms with Gasteiger partial charge in [0, 0.05) is 65.6 Å². The fraction of sp³-hybridized carbons (Fsp3) is 0.364. The minimum absolute atomic E-state index is 0.238. The van der Waals surface area contributed by atoms with Gasteiger partial charge in [0.05, 0.1) is 16.9 Å². The van der Waals surface area contributed by atoms with Crippen molar-refractivity contribution in [3.8, 4) is 11.3 Å². The van der Waals surface area contributed by atoms with Crippen LogP contribution in [0.1, 0.15) is 5.56 Å². The highest BCUT2D eigenvalue weighted by Crippen LogP contribution is 2.30. The molecule has 4 rings (SSSR count). The predicted molar refractivity (Wildman–Crippen MR) is 124 cm³/mol. The van der Waals surface area contributed by atoms with Crippen molar-refractivity contribution < 1.29 is 4.39 Å². The topological polar surface area (TPSA) is 73.3 Å². The third-order valence-corrected chi connectivity index (χ3v) is 5.67. The summed E-state index contributed by atoms with van der Waals surface area (Å²) in [4.78, 5) is 11.1. The number of pyridine rings is 1. The van der Waals surface area contributed by atoms with E-state index in [0.29, 0.717) is 0 Å². The number of benzene rings is 1. The van der Waals surface area contributed by atoms with E-state index >= 15 is 0 Å². The van der Waals surface area contributed by atoms with Crippen LogP contribution in [0.4, 0.5) is 21.7 Å². The maximum Gasteiger partial charge on any atom is 0.156 e. The maximum absolute atomic E-state index is 13.4. The van der Waals surface area contributed by atoms with Crippen LogP contribution in [0.15, 0.2) is 42.6 Å². The molecule has 1 aromatic carbocycles. The van der Waals surface area contributed by atoms with Gasteiger partial charge in [0.15, 0.2) is 11.6 Å². The minimum Gasteiger partial charge on any atom is -0.371 e. The highest BCUT2D eigenvalue weighted by Gasteiger charge is 2.24. The first-order valence-corrected chi connectivity index (χ1v) is 10.5. The quantitative estimate of drug-likeness (QED) is 0.539. The molecule has 0 atom stereocenters. The maximum atomic E-state index is 13.4. The molecule has 0 saturated carbocycles. The molecule has 1 saturated heterocycles. The Balaban J connectivity index is 1.48. The van der Waals surface area contributed by atoms with Gasteiger partial charge in [0.2, 0.25) is 0 Å². The van der Waals surface area contributed by atoms with E-state index in [4.69, 9.17) is 0 Å². The Morgan fingerprint density at radius 2 is 1.71 bits per heavy atom. The summed E-state index contributed by atoms with van der Waals surface area (Å²) in [5.41, 5.74) is 7.12. The van der Waals surface area contributed by atoms with E-state index in [1.165, 1.54) is 12.1 Å². The molecule has 0 radical (unpaired) electrons. The van der Waals surface area contributed by atoms with Crippen molar-refractivity contribution in [3.05, 3.63) is 54.0 Å². The molecule has 1 aliphatic rings. The van der Waals surface area contributed by atoms with Crippen LogP contribution in [0.25, 0.3) is 11.3 Å². The summed E-state index contributed by atoms with van der Waals surface area (Å²) in [6.07, 6.45) is 1.79. The Morgan fingerprint density at radius 1 is 0.968 bits per heavy atom. The van der Waals surface area contributed by atoms with Crippen LogP contribution in [0.3, 0.4) is 0 Å². The number of hydrogen-bond acceptors (Lipinski definition) is 7. The summed E-state index contributed by atoms with van der Waals surface area (Å²) in [7, 11) is 5.65. The molecule has 164 valence electrons. The lowest BCUT2D eigenvalue weighted by atomic mass is 10.1. The monoisotopic (exact) mass is 424 g/mol. The molecular formula is C22H29FN8. The largest absolute Gasteiger partial charge is 0.371 e. The highest BCUT2D eigenvalue weighted by atomic mass is 19.1. The van der Waals surface area contributed by atoms with E-state index in [-0.39, 0.29) is 5.82 Å². The molecule has 0 aliphatic carbocycles. The number of hydrogen-bond donors (Lipinski definition) is 3. The van der Waals surface area contributed by atoms with E-state index in [9.17, 15) is 4.39 Å². The first kappa shape index (κ1) is 20.9. The second-order valence-electron chi connectivity index (χ2n) is 7.45. The zero-order chi connectivity index (χ0) is 21.8. The molecule has 31 heavy (non-hydrogen) atoms. The second-order valence-corrected chi connectivity index (χ2v) is 7.45. The summed E-state index contributed by atoms with van der Waals surface area (Å²) in [5, 5.41) is 11.0. The van der Waals surface area contributed by atoms with Crippen molar-refractivity contribution in [2.45, 2.75) is 6.54 Å². The van der Waals surface area contributed by atoms with Crippen molar-refractivity contribution >= 4 is 17.3 Å². The zero-order valence-corrected chi connectivity index (χ0v) is 18.2. The van der Waals surface area contributed by atoms with Gasteiger partial charge in [0.1, 0.15) is 5.82 Å². The van der Waals surface area contributed by atoms with Gasteiger partial charge >= 0.3 is 0 Å². The molecule has 3 aromatic rings. The molecule has 0 spiro atoms. The predicted octanol–water partition coefficient (Wildman–Crippen LogP) is 2.66. The van der Waals surface area contributed by atoms with Gasteiger partial charge in [0.25, 0.3) is 0 Å². The van der Waals surface area contributed by atoms with E-state index in [1.807, 2.05) is 27.2 Å². The number of halogens is 1. The highest BCUT2D eigenvalue weighted by molar-refractivity contribution is 5.75. The van der Waals surface area contributed by atoms with Crippen LogP contribution < -0.4 is 21.0 Å². The summed E-state index contributed by atoms with van der Waals surface area (Å²) >= 11 is 0. The van der Waals surface area contributed by atoms with Crippen molar-refractivity contribution in [2.75, 3.05) is 68.3 Å². The summed E-state index contributed by atoms with van der Waals surface area (Å²) in [6.45, 7) is 4.44. The lowest BCUT2D eigenvalue weighted by Gasteiger charge is -2.36. The second kappa shape index (κ2) is 9.22. The van der Waals surface area contributed by atoms with Gasteiger partial charge in [-0.05, 0) is 36.4 Å². The fourth-order valence-electron chi connectivity index (χ4n) is 4.07. The molecular weight excluding hydrogens is 395 g/mol. The zero-order valence-electron chi connectivity index (χ0n) is 18.2. The number of piperazine rings is 1. The van der Waals surface area contributed by atoms with Crippen molar-refractivity contribution in [2.24, 2.45) is 0 Å². The van der Waals surface area contributed by atoms with Crippen LogP contribution in [0, 0.1) is 5.82 Å². The Labute approximate surface area is 182 Å². The number of nitrogens with one attached hydrogen (secondary N) is 3. The Morgan fingerprint density at radius 3 is 2.35 bits per heavy atom. The number of rotatable bonds is 7. The van der Waals surface area contributed by atoms with Crippen LogP contribution in [0.5, 0.6) is 0 Å². The summed E-state index contributed by atoms with van der Waals surface area (Å²) in [6, 6.07) is 10.6. The van der Waals surface area contributed by atoms with Crippen molar-refractivity contribution in [1.82, 2.24) is 19.8 Å². The Bertz CT molecular complexity index is 1010. The molecule has 0 bridgehead atoms. The Kier molecular flexibility index (Phi) is 6.22. The summed E-state index contributed by atoms with van der Waals surface area (Å²) < 4.78 is 13.4. The smallest absolute Gasteiger partial charge is 0.156 e. The van der Waals surface area contributed by atoms with Gasteiger partial charge in [-0.25, -0.2) is 4.39 Å². The third-order valence-electron chi connectivity index (χ3n) is 5.67. The lowest BCUT2D eigenvalue weighted by molar-refractivity contribution is 0.250. The van der Waals surface area contributed by atoms with Gasteiger partial charge in [-0.15, -0.1) is 5.10 Å². The molecule has 2 aromatic heterocycles. The first-order chi connectivity index (χ1) is 15.1. The van der Waals surface area contributed by atoms with E-state index in [0.717, 1.165) is 66.9 Å². The average Bonchev–Trinajstić information content (AvgIpc) is 3.16. The van der Waals surface area contributed by atoms with Crippen LogP contribution in [-0.2, 0) is 6.54 Å². The first-order valence-electron chi connectivity index (χ1n) is 10.5. The van der Waals surface area contributed by atoms with E-state index < -0.39 is 0 Å². The normalized spacial score (nSPS) is 14.5. The molecule has 1 aliphatic heterocycles. The fourth-order valence-corrected chi connectivity index (χ4v) is 4.07. The van der Waals surface area contributed by atoms with E-state index in [1.54, 1.807) is 23.1 Å². The van der Waals surface area contributed by atoms with Gasteiger partial charge in [-0.3, -0.25) is 9.88 Å². The molecule has 0 unspecified atom stereocenters. The number of anilines is 3. The van der Waals surface area contributed by atoms with Gasteiger partial charge in [-0.2, -0.15) is 4.79 Å². The minimum atomic E-state index is -0.238. The van der Waals surface area contributed by atoms with Crippen LogP contribution in [-0.4, -0.2) is 67.1 Å². The van der Waals surface area contributed by atoms with Crippen molar-refractivity contribution in [3.63, 3.8) is 0 Å². The van der Waals surface area contributed by atoms with Crippen LogP contribution >= 0.6 is 0 Å². The molecule has 0 amide bonds. The SMILES string of the molecule is CNc1nn(NC)c(NC)c1CN1CCN(c2cccnc2-c2ccc(F)cc2)CC1. The van der Waals surface area contributed by atoms with E-state index in [2.05, 4.69) is 42.0 Å². The molecule has 3 heterocycles. The number of aromatic nitrogens is 3. The lowest BCUT2D eigenvalue weighted by Crippen LogP contribution is -2.46. The molecule has 8 nitrogen and oxygen atoms in total. The third kappa shape index (κ3) is 4.27. The molecule has 3 N–H and O–H groups in total. The molecule has 9 heteroatoms. The van der Waals surface area contributed by atoms with Gasteiger partial charge < -0.3 is 21.0 Å². The van der Waals surface area contributed by atoms with Crippen LogP contribution in [0.2, 0.25) is 0 Å². The summed E-state index contributed by atoms with van der Waals surface area (Å²) in [5.74, 6) is 1.59. The average molecular weight is 425 g/mol. The standard InChI is InChI=1S/C22H29FN8/c1-24-21-18(22(25-2)31(26-3)28-21)15-29-11-13-30(14-12-29)19-5-4-10-27-20(19)16-6-8-17(23)9-7-16/h4-10,25-26H,11-15H2,1-3H3,(H,24,28).